The van der Waals surface area contributed by atoms with E-state index in [2.05, 4.69) is 5.32 Å². The molecular formula is C21H20F3N3O2. The number of para-hydroxylation sites is 3. The maximum absolute atomic E-state index is 13.8. The SMILES string of the molecule is C[C@@H]1Cc2ccccc2N1CC(=O)N1c2ccccc2NC(=O)C[C@H]1C(F)(F)F. The normalized spacial score (nSPS) is 21.3. The number of carbonyl (C=O) groups excluding carboxylic acids is 2. The van der Waals surface area contributed by atoms with Gasteiger partial charge in [0.15, 0.2) is 0 Å². The maximum atomic E-state index is 13.8. The van der Waals surface area contributed by atoms with E-state index < -0.39 is 30.5 Å². The predicted molar refractivity (Wildman–Crippen MR) is 104 cm³/mol. The number of hydrogen-bond acceptors (Lipinski definition) is 3. The van der Waals surface area contributed by atoms with E-state index in [9.17, 15) is 22.8 Å². The fourth-order valence-electron chi connectivity index (χ4n) is 4.09. The Kier molecular flexibility index (Phi) is 4.72. The van der Waals surface area contributed by atoms with E-state index in [0.717, 1.165) is 22.6 Å². The fourth-order valence-corrected chi connectivity index (χ4v) is 4.09. The summed E-state index contributed by atoms with van der Waals surface area (Å²) in [5, 5.41) is 2.48. The Bertz CT molecular complexity index is 960. The molecule has 2 aromatic rings. The van der Waals surface area contributed by atoms with Crippen molar-refractivity contribution >= 4 is 28.9 Å². The molecule has 152 valence electrons. The summed E-state index contributed by atoms with van der Waals surface area (Å²) < 4.78 is 41.5. The topological polar surface area (TPSA) is 52.7 Å². The number of carbonyl (C=O) groups is 2. The fraction of sp³-hybridized carbons (Fsp3) is 0.333. The van der Waals surface area contributed by atoms with E-state index >= 15 is 0 Å². The van der Waals surface area contributed by atoms with Gasteiger partial charge in [-0.05, 0) is 37.1 Å². The van der Waals surface area contributed by atoms with Crippen LogP contribution in [-0.2, 0) is 16.0 Å². The lowest BCUT2D eigenvalue weighted by atomic mass is 10.1. The Morgan fingerprint density at radius 3 is 2.45 bits per heavy atom. The molecule has 0 bridgehead atoms. The molecule has 2 aliphatic rings. The number of rotatable bonds is 2. The number of fused-ring (bicyclic) bond motifs is 2. The van der Waals surface area contributed by atoms with Crippen LogP contribution in [0.3, 0.4) is 0 Å². The van der Waals surface area contributed by atoms with Gasteiger partial charge in [-0.15, -0.1) is 0 Å². The van der Waals surface area contributed by atoms with Gasteiger partial charge in [-0.1, -0.05) is 30.3 Å². The molecule has 0 spiro atoms. The summed E-state index contributed by atoms with van der Waals surface area (Å²) in [4.78, 5) is 27.9. The highest BCUT2D eigenvalue weighted by atomic mass is 19.4. The summed E-state index contributed by atoms with van der Waals surface area (Å²) in [7, 11) is 0. The molecular weight excluding hydrogens is 383 g/mol. The van der Waals surface area contributed by atoms with Gasteiger partial charge in [-0.25, -0.2) is 0 Å². The van der Waals surface area contributed by atoms with E-state index in [1.165, 1.54) is 12.1 Å². The van der Waals surface area contributed by atoms with Crippen LogP contribution in [0, 0.1) is 0 Å². The average Bonchev–Trinajstić information content (AvgIpc) is 2.87. The highest BCUT2D eigenvalue weighted by molar-refractivity contribution is 6.06. The molecule has 2 aliphatic heterocycles. The van der Waals surface area contributed by atoms with Gasteiger partial charge in [0, 0.05) is 11.7 Å². The van der Waals surface area contributed by atoms with Gasteiger partial charge in [0.25, 0.3) is 0 Å². The Morgan fingerprint density at radius 1 is 1.07 bits per heavy atom. The molecule has 2 aromatic carbocycles. The molecule has 0 aliphatic carbocycles. The second-order valence-electron chi connectivity index (χ2n) is 7.40. The summed E-state index contributed by atoms with van der Waals surface area (Å²) in [6, 6.07) is 11.4. The van der Waals surface area contributed by atoms with Crippen molar-refractivity contribution in [2.45, 2.75) is 38.0 Å². The average molecular weight is 403 g/mol. The van der Waals surface area contributed by atoms with E-state index in [0.29, 0.717) is 0 Å². The van der Waals surface area contributed by atoms with Crippen molar-refractivity contribution in [3.8, 4) is 0 Å². The zero-order valence-corrected chi connectivity index (χ0v) is 15.7. The molecule has 0 unspecified atom stereocenters. The summed E-state index contributed by atoms with van der Waals surface area (Å²) >= 11 is 0. The molecule has 2 atom stereocenters. The van der Waals surface area contributed by atoms with Crippen molar-refractivity contribution in [1.82, 2.24) is 0 Å². The van der Waals surface area contributed by atoms with Crippen LogP contribution in [0.25, 0.3) is 0 Å². The molecule has 0 saturated heterocycles. The molecule has 0 fully saturated rings. The van der Waals surface area contributed by atoms with Crippen LogP contribution in [0.4, 0.5) is 30.2 Å². The highest BCUT2D eigenvalue weighted by Crippen LogP contribution is 2.38. The van der Waals surface area contributed by atoms with Crippen LogP contribution < -0.4 is 15.1 Å². The molecule has 8 heteroatoms. The van der Waals surface area contributed by atoms with E-state index in [1.54, 1.807) is 12.1 Å². The molecule has 5 nitrogen and oxygen atoms in total. The predicted octanol–water partition coefficient (Wildman–Crippen LogP) is 3.74. The second-order valence-corrected chi connectivity index (χ2v) is 7.40. The number of benzene rings is 2. The number of hydrogen-bond donors (Lipinski definition) is 1. The van der Waals surface area contributed by atoms with Crippen molar-refractivity contribution in [2.24, 2.45) is 0 Å². The first-order valence-electron chi connectivity index (χ1n) is 9.38. The molecule has 1 N–H and O–H groups in total. The van der Waals surface area contributed by atoms with Crippen LogP contribution in [0.15, 0.2) is 48.5 Å². The number of halogens is 3. The second kappa shape index (κ2) is 7.09. The number of anilines is 3. The number of nitrogens with zero attached hydrogens (tertiary/aromatic N) is 2. The van der Waals surface area contributed by atoms with Crippen LogP contribution in [0.5, 0.6) is 0 Å². The van der Waals surface area contributed by atoms with Crippen molar-refractivity contribution in [3.63, 3.8) is 0 Å². The number of alkyl halides is 3. The smallest absolute Gasteiger partial charge is 0.359 e. The van der Waals surface area contributed by atoms with E-state index in [-0.39, 0.29) is 24.0 Å². The monoisotopic (exact) mass is 403 g/mol. The third-order valence-corrected chi connectivity index (χ3v) is 5.43. The summed E-state index contributed by atoms with van der Waals surface area (Å²) in [5.41, 5.74) is 2.18. The van der Waals surface area contributed by atoms with Crippen molar-refractivity contribution < 1.29 is 22.8 Å². The first-order valence-corrected chi connectivity index (χ1v) is 9.38. The quantitative estimate of drug-likeness (QED) is 0.831. The van der Waals surface area contributed by atoms with Crippen LogP contribution in [0.2, 0.25) is 0 Å². The number of nitrogens with one attached hydrogen (secondary N) is 1. The zero-order valence-electron chi connectivity index (χ0n) is 15.7. The van der Waals surface area contributed by atoms with Gasteiger partial charge in [-0.2, -0.15) is 13.2 Å². The lowest BCUT2D eigenvalue weighted by Crippen LogP contribution is -2.53. The van der Waals surface area contributed by atoms with Crippen molar-refractivity contribution in [3.05, 3.63) is 54.1 Å². The molecule has 0 radical (unpaired) electrons. The molecule has 2 amide bonds. The van der Waals surface area contributed by atoms with Crippen molar-refractivity contribution in [2.75, 3.05) is 21.7 Å². The number of amides is 2. The summed E-state index contributed by atoms with van der Waals surface area (Å²) in [6.07, 6.45) is -4.85. The van der Waals surface area contributed by atoms with Crippen molar-refractivity contribution in [1.29, 1.82) is 0 Å². The van der Waals surface area contributed by atoms with Crippen LogP contribution in [-0.4, -0.2) is 36.6 Å². The summed E-state index contributed by atoms with van der Waals surface area (Å²) in [5.74, 6) is -1.46. The first-order chi connectivity index (χ1) is 13.8. The Hall–Kier alpha value is -3.03. The van der Waals surface area contributed by atoms with Gasteiger partial charge in [-0.3, -0.25) is 14.5 Å². The van der Waals surface area contributed by atoms with Crippen LogP contribution >= 0.6 is 0 Å². The Labute approximate surface area is 166 Å². The zero-order chi connectivity index (χ0) is 20.8. The Morgan fingerprint density at radius 2 is 1.72 bits per heavy atom. The lowest BCUT2D eigenvalue weighted by molar-refractivity contribution is -0.157. The lowest BCUT2D eigenvalue weighted by Gasteiger charge is -2.34. The minimum Gasteiger partial charge on any atom is -0.359 e. The van der Waals surface area contributed by atoms with E-state index in [4.69, 9.17) is 0 Å². The minimum absolute atomic E-state index is 0.0114. The molecule has 29 heavy (non-hydrogen) atoms. The molecule has 2 heterocycles. The third kappa shape index (κ3) is 3.54. The molecule has 0 saturated carbocycles. The minimum atomic E-state index is -4.74. The Balaban J connectivity index is 1.72. The van der Waals surface area contributed by atoms with Gasteiger partial charge >= 0.3 is 6.18 Å². The van der Waals surface area contributed by atoms with Gasteiger partial charge in [0.05, 0.1) is 24.3 Å². The van der Waals surface area contributed by atoms with Gasteiger partial charge in [0.1, 0.15) is 6.04 Å². The third-order valence-electron chi connectivity index (χ3n) is 5.43. The maximum Gasteiger partial charge on any atom is 0.409 e. The van der Waals surface area contributed by atoms with Gasteiger partial charge in [0.2, 0.25) is 11.8 Å². The largest absolute Gasteiger partial charge is 0.409 e. The first kappa shape index (κ1) is 19.3. The molecule has 4 rings (SSSR count). The van der Waals surface area contributed by atoms with Gasteiger partial charge < -0.3 is 10.2 Å². The highest BCUT2D eigenvalue weighted by Gasteiger charge is 2.49. The molecule has 0 aromatic heterocycles. The standard InChI is InChI=1S/C21H20F3N3O2/c1-13-10-14-6-2-4-8-16(14)26(13)12-20(29)27-17-9-5-3-7-15(17)25-19(28)11-18(27)21(22,23)24/h2-9,13,18H,10-12H2,1H3,(H,25,28)/t13-,18+/m1/s1. The van der Waals surface area contributed by atoms with E-state index in [1.807, 2.05) is 36.1 Å². The van der Waals surface area contributed by atoms with Crippen LogP contribution in [0.1, 0.15) is 18.9 Å². The summed E-state index contributed by atoms with van der Waals surface area (Å²) in [6.45, 7) is 1.74.